The molecule has 0 radical (unpaired) electrons. The van der Waals surface area contributed by atoms with E-state index in [0.29, 0.717) is 23.9 Å². The van der Waals surface area contributed by atoms with Gasteiger partial charge in [0.15, 0.2) is 5.65 Å². The molecule has 0 bridgehead atoms. The Morgan fingerprint density at radius 1 is 1.17 bits per heavy atom. The molecule has 154 valence electrons. The maximum atomic E-state index is 13.1. The summed E-state index contributed by atoms with van der Waals surface area (Å²) in [6.07, 6.45) is 4.33. The number of imidazole rings is 1. The van der Waals surface area contributed by atoms with E-state index in [9.17, 15) is 8.42 Å². The van der Waals surface area contributed by atoms with E-state index in [1.54, 1.807) is 22.6 Å². The number of fused-ring (bicyclic) bond motifs is 1. The van der Waals surface area contributed by atoms with Crippen molar-refractivity contribution < 1.29 is 8.42 Å². The summed E-state index contributed by atoms with van der Waals surface area (Å²) >= 11 is 0. The van der Waals surface area contributed by atoms with Crippen molar-refractivity contribution in [3.8, 4) is 0 Å². The number of pyridine rings is 1. The zero-order valence-corrected chi connectivity index (χ0v) is 18.1. The van der Waals surface area contributed by atoms with Gasteiger partial charge in [-0.2, -0.15) is 4.31 Å². The van der Waals surface area contributed by atoms with Crippen molar-refractivity contribution in [2.75, 3.05) is 13.1 Å². The molecule has 4 rings (SSSR count). The molecule has 1 aromatic carbocycles. The lowest BCUT2D eigenvalue weighted by Gasteiger charge is -2.17. The molecule has 0 unspecified atom stereocenters. The van der Waals surface area contributed by atoms with E-state index >= 15 is 0 Å². The van der Waals surface area contributed by atoms with Gasteiger partial charge in [0.25, 0.3) is 0 Å². The molecule has 3 aromatic rings. The SMILES string of the molecule is CC(C)Cc1ccc(S(=O)(=O)N2CC[C@@H](Cc3nc4cccnc4n3C)C2)cc1. The summed E-state index contributed by atoms with van der Waals surface area (Å²) in [4.78, 5) is 9.46. The average Bonchev–Trinajstić information content (AvgIpc) is 3.28. The average molecular weight is 413 g/mol. The lowest BCUT2D eigenvalue weighted by atomic mass is 10.0. The monoisotopic (exact) mass is 412 g/mol. The Labute approximate surface area is 172 Å². The molecular formula is C22H28N4O2S. The van der Waals surface area contributed by atoms with Crippen LogP contribution in [0.3, 0.4) is 0 Å². The predicted molar refractivity (Wildman–Crippen MR) is 114 cm³/mol. The molecular weight excluding hydrogens is 384 g/mol. The largest absolute Gasteiger partial charge is 0.316 e. The van der Waals surface area contributed by atoms with Crippen molar-refractivity contribution in [3.63, 3.8) is 0 Å². The van der Waals surface area contributed by atoms with Gasteiger partial charge in [-0.1, -0.05) is 26.0 Å². The molecule has 1 atom stereocenters. The maximum Gasteiger partial charge on any atom is 0.243 e. The summed E-state index contributed by atoms with van der Waals surface area (Å²) in [6.45, 7) is 5.42. The van der Waals surface area contributed by atoms with Gasteiger partial charge in [0.1, 0.15) is 11.3 Å². The van der Waals surface area contributed by atoms with Crippen molar-refractivity contribution in [1.82, 2.24) is 18.8 Å². The van der Waals surface area contributed by atoms with Crippen LogP contribution < -0.4 is 0 Å². The summed E-state index contributed by atoms with van der Waals surface area (Å²) in [6, 6.07) is 11.2. The molecule has 0 amide bonds. The number of benzene rings is 1. The summed E-state index contributed by atoms with van der Waals surface area (Å²) in [5.74, 6) is 1.77. The van der Waals surface area contributed by atoms with E-state index < -0.39 is 10.0 Å². The first kappa shape index (κ1) is 20.0. The number of hydrogen-bond donors (Lipinski definition) is 0. The summed E-state index contributed by atoms with van der Waals surface area (Å²) in [5, 5.41) is 0. The molecule has 0 N–H and O–H groups in total. The fourth-order valence-electron chi connectivity index (χ4n) is 4.11. The highest BCUT2D eigenvalue weighted by atomic mass is 32.2. The second-order valence-corrected chi connectivity index (χ2v) is 10.3. The van der Waals surface area contributed by atoms with Gasteiger partial charge >= 0.3 is 0 Å². The lowest BCUT2D eigenvalue weighted by molar-refractivity contribution is 0.452. The minimum atomic E-state index is -3.45. The van der Waals surface area contributed by atoms with Crippen LogP contribution >= 0.6 is 0 Å². The van der Waals surface area contributed by atoms with Crippen molar-refractivity contribution in [2.45, 2.75) is 38.0 Å². The fraction of sp³-hybridized carbons (Fsp3) is 0.455. The van der Waals surface area contributed by atoms with Gasteiger partial charge < -0.3 is 4.57 Å². The Kier molecular flexibility index (Phi) is 5.44. The fourth-order valence-corrected chi connectivity index (χ4v) is 5.64. The second-order valence-electron chi connectivity index (χ2n) is 8.40. The van der Waals surface area contributed by atoms with Gasteiger partial charge in [0, 0.05) is 32.8 Å². The van der Waals surface area contributed by atoms with Gasteiger partial charge in [0.2, 0.25) is 10.0 Å². The Morgan fingerprint density at radius 3 is 2.62 bits per heavy atom. The van der Waals surface area contributed by atoms with Crippen LogP contribution in [0.15, 0.2) is 47.5 Å². The summed E-state index contributed by atoms with van der Waals surface area (Å²) in [5.41, 5.74) is 2.93. The van der Waals surface area contributed by atoms with E-state index in [2.05, 4.69) is 23.8 Å². The highest BCUT2D eigenvalue weighted by molar-refractivity contribution is 7.89. The number of nitrogens with zero attached hydrogens (tertiary/aromatic N) is 4. The molecule has 0 spiro atoms. The van der Waals surface area contributed by atoms with Gasteiger partial charge in [0.05, 0.1) is 4.90 Å². The van der Waals surface area contributed by atoms with Crippen molar-refractivity contribution in [1.29, 1.82) is 0 Å². The first-order valence-electron chi connectivity index (χ1n) is 10.2. The molecule has 7 heteroatoms. The van der Waals surface area contributed by atoms with Crippen molar-refractivity contribution in [2.24, 2.45) is 18.9 Å². The Morgan fingerprint density at radius 2 is 1.93 bits per heavy atom. The topological polar surface area (TPSA) is 68.1 Å². The standard InChI is InChI=1S/C22H28N4O2S/c1-16(2)13-17-6-8-19(9-7-17)29(27,28)26-12-10-18(15-26)14-21-24-20-5-4-11-23-22(20)25(21)3/h4-9,11,16,18H,10,12-15H2,1-3H3/t18-/m0/s1. The zero-order chi connectivity index (χ0) is 20.6. The van der Waals surface area contributed by atoms with Crippen LogP contribution in [0, 0.1) is 11.8 Å². The van der Waals surface area contributed by atoms with Crippen molar-refractivity contribution >= 4 is 21.2 Å². The van der Waals surface area contributed by atoms with Crippen LogP contribution in [-0.2, 0) is 29.9 Å². The molecule has 1 aliphatic heterocycles. The van der Waals surface area contributed by atoms with E-state index in [1.807, 2.05) is 35.9 Å². The molecule has 3 heterocycles. The van der Waals surface area contributed by atoms with Crippen LogP contribution in [0.2, 0.25) is 0 Å². The molecule has 0 aliphatic carbocycles. The van der Waals surface area contributed by atoms with Crippen LogP contribution in [0.5, 0.6) is 0 Å². The number of aromatic nitrogens is 3. The van der Waals surface area contributed by atoms with E-state index in [4.69, 9.17) is 0 Å². The van der Waals surface area contributed by atoms with E-state index in [-0.39, 0.29) is 5.92 Å². The van der Waals surface area contributed by atoms with Gasteiger partial charge in [-0.3, -0.25) is 0 Å². The first-order valence-corrected chi connectivity index (χ1v) is 11.6. The smallest absolute Gasteiger partial charge is 0.243 e. The first-order chi connectivity index (χ1) is 13.8. The van der Waals surface area contributed by atoms with Gasteiger partial charge in [-0.15, -0.1) is 0 Å². The number of aryl methyl sites for hydroxylation is 1. The molecule has 1 fully saturated rings. The van der Waals surface area contributed by atoms with E-state index in [0.717, 1.165) is 36.3 Å². The molecule has 1 saturated heterocycles. The third-order valence-electron chi connectivity index (χ3n) is 5.65. The highest BCUT2D eigenvalue weighted by Gasteiger charge is 2.33. The summed E-state index contributed by atoms with van der Waals surface area (Å²) in [7, 11) is -1.48. The number of hydrogen-bond acceptors (Lipinski definition) is 4. The number of rotatable bonds is 6. The third-order valence-corrected chi connectivity index (χ3v) is 7.52. The quantitative estimate of drug-likeness (QED) is 0.622. The van der Waals surface area contributed by atoms with Crippen LogP contribution in [0.25, 0.3) is 11.2 Å². The van der Waals surface area contributed by atoms with E-state index in [1.165, 1.54) is 5.56 Å². The minimum Gasteiger partial charge on any atom is -0.316 e. The van der Waals surface area contributed by atoms with Gasteiger partial charge in [-0.25, -0.2) is 18.4 Å². The maximum absolute atomic E-state index is 13.1. The molecule has 6 nitrogen and oxygen atoms in total. The number of sulfonamides is 1. The zero-order valence-electron chi connectivity index (χ0n) is 17.2. The second kappa shape index (κ2) is 7.88. The molecule has 0 saturated carbocycles. The van der Waals surface area contributed by atoms with Crippen LogP contribution in [0.4, 0.5) is 0 Å². The molecule has 29 heavy (non-hydrogen) atoms. The normalized spacial score (nSPS) is 18.1. The Hall–Kier alpha value is -2.25. The molecule has 2 aromatic heterocycles. The predicted octanol–water partition coefficient (Wildman–Crippen LogP) is 3.42. The Balaban J connectivity index is 1.46. The lowest BCUT2D eigenvalue weighted by Crippen LogP contribution is -2.29. The highest BCUT2D eigenvalue weighted by Crippen LogP contribution is 2.27. The Bertz CT molecular complexity index is 1100. The van der Waals surface area contributed by atoms with Crippen molar-refractivity contribution in [3.05, 3.63) is 54.0 Å². The van der Waals surface area contributed by atoms with Gasteiger partial charge in [-0.05, 0) is 54.5 Å². The third kappa shape index (κ3) is 4.07. The minimum absolute atomic E-state index is 0.264. The molecule has 1 aliphatic rings. The summed E-state index contributed by atoms with van der Waals surface area (Å²) < 4.78 is 29.8. The van der Waals surface area contributed by atoms with Crippen LogP contribution in [-0.4, -0.2) is 40.3 Å². The van der Waals surface area contributed by atoms with Crippen LogP contribution in [0.1, 0.15) is 31.7 Å².